The Labute approximate surface area is 154 Å². The molecule has 0 saturated carbocycles. The molecule has 136 valence electrons. The summed E-state index contributed by atoms with van der Waals surface area (Å²) in [4.78, 5) is 30.6. The summed E-state index contributed by atoms with van der Waals surface area (Å²) < 4.78 is 0. The van der Waals surface area contributed by atoms with E-state index in [1.165, 1.54) is 24.3 Å². The maximum Gasteiger partial charge on any atom is 0.269 e. The summed E-state index contributed by atoms with van der Waals surface area (Å²) in [5, 5.41) is 16.5. The largest absolute Gasteiger partial charge is 0.368 e. The lowest BCUT2D eigenvalue weighted by atomic mass is 10.2. The SMILES string of the molecule is Cc1cc(Nc2cccc(NC(=O)c3ccc([N+](=O)[O-])cc3)c2)nc(N)n1. The van der Waals surface area contributed by atoms with E-state index < -0.39 is 4.92 Å². The first kappa shape index (κ1) is 17.8. The van der Waals surface area contributed by atoms with Gasteiger partial charge in [0.15, 0.2) is 0 Å². The van der Waals surface area contributed by atoms with Crippen LogP contribution in [0.5, 0.6) is 0 Å². The Hall–Kier alpha value is -4.01. The number of hydrogen-bond donors (Lipinski definition) is 3. The summed E-state index contributed by atoms with van der Waals surface area (Å²) in [6, 6.07) is 14.2. The molecule has 0 unspecified atom stereocenters. The summed E-state index contributed by atoms with van der Waals surface area (Å²) in [5.41, 5.74) is 7.88. The molecule has 3 aromatic rings. The Bertz CT molecular complexity index is 984. The fourth-order valence-corrected chi connectivity index (χ4v) is 2.42. The van der Waals surface area contributed by atoms with Gasteiger partial charge < -0.3 is 16.4 Å². The zero-order valence-electron chi connectivity index (χ0n) is 14.3. The molecule has 1 amide bonds. The first-order valence-electron chi connectivity index (χ1n) is 7.95. The van der Waals surface area contributed by atoms with Crippen molar-refractivity contribution < 1.29 is 9.72 Å². The van der Waals surface area contributed by atoms with Crippen molar-refractivity contribution in [3.8, 4) is 0 Å². The predicted molar refractivity (Wildman–Crippen MR) is 102 cm³/mol. The maximum absolute atomic E-state index is 12.3. The van der Waals surface area contributed by atoms with E-state index in [1.807, 2.05) is 13.0 Å². The number of nitrogen functional groups attached to an aromatic ring is 1. The third-order valence-corrected chi connectivity index (χ3v) is 3.60. The van der Waals surface area contributed by atoms with Crippen molar-refractivity contribution in [2.75, 3.05) is 16.4 Å². The van der Waals surface area contributed by atoms with Gasteiger partial charge in [0.05, 0.1) is 4.92 Å². The molecule has 0 aliphatic carbocycles. The first-order valence-corrected chi connectivity index (χ1v) is 7.95. The number of hydrogen-bond acceptors (Lipinski definition) is 7. The number of aromatic nitrogens is 2. The van der Waals surface area contributed by atoms with Gasteiger partial charge in [-0.15, -0.1) is 0 Å². The molecule has 1 aromatic heterocycles. The molecule has 9 heteroatoms. The van der Waals surface area contributed by atoms with Gasteiger partial charge in [0.2, 0.25) is 5.95 Å². The summed E-state index contributed by atoms with van der Waals surface area (Å²) in [6.45, 7) is 1.81. The lowest BCUT2D eigenvalue weighted by Gasteiger charge is -2.10. The van der Waals surface area contributed by atoms with Gasteiger partial charge in [-0.3, -0.25) is 14.9 Å². The number of nitrogens with one attached hydrogen (secondary N) is 2. The Balaban J connectivity index is 1.73. The molecular weight excluding hydrogens is 348 g/mol. The number of rotatable bonds is 5. The summed E-state index contributed by atoms with van der Waals surface area (Å²) >= 11 is 0. The molecule has 0 spiro atoms. The van der Waals surface area contributed by atoms with Crippen molar-refractivity contribution in [1.82, 2.24) is 9.97 Å². The average molecular weight is 364 g/mol. The number of nitro benzene ring substituents is 1. The molecule has 2 aromatic carbocycles. The van der Waals surface area contributed by atoms with Crippen molar-refractivity contribution in [2.24, 2.45) is 0 Å². The van der Waals surface area contributed by atoms with E-state index in [-0.39, 0.29) is 17.5 Å². The number of anilines is 4. The number of nitrogens with two attached hydrogens (primary N) is 1. The van der Waals surface area contributed by atoms with E-state index in [1.54, 1.807) is 24.3 Å². The van der Waals surface area contributed by atoms with E-state index in [9.17, 15) is 14.9 Å². The van der Waals surface area contributed by atoms with Gasteiger partial charge >= 0.3 is 0 Å². The van der Waals surface area contributed by atoms with E-state index in [2.05, 4.69) is 20.6 Å². The molecule has 0 bridgehead atoms. The monoisotopic (exact) mass is 364 g/mol. The highest BCUT2D eigenvalue weighted by atomic mass is 16.6. The van der Waals surface area contributed by atoms with Gasteiger partial charge in [-0.05, 0) is 37.3 Å². The molecular formula is C18H16N6O3. The van der Waals surface area contributed by atoms with Gasteiger partial charge in [-0.1, -0.05) is 6.07 Å². The lowest BCUT2D eigenvalue weighted by Crippen LogP contribution is -2.12. The Morgan fingerprint density at radius 3 is 2.44 bits per heavy atom. The molecule has 9 nitrogen and oxygen atoms in total. The Morgan fingerprint density at radius 2 is 1.78 bits per heavy atom. The normalized spacial score (nSPS) is 10.3. The fourth-order valence-electron chi connectivity index (χ4n) is 2.42. The van der Waals surface area contributed by atoms with E-state index in [4.69, 9.17) is 5.73 Å². The summed E-state index contributed by atoms with van der Waals surface area (Å²) in [6.07, 6.45) is 0. The van der Waals surface area contributed by atoms with Crippen LogP contribution in [0.25, 0.3) is 0 Å². The van der Waals surface area contributed by atoms with E-state index in [0.717, 1.165) is 5.69 Å². The molecule has 0 aliphatic heterocycles. The zero-order valence-corrected chi connectivity index (χ0v) is 14.3. The number of carbonyl (C=O) groups excluding carboxylic acids is 1. The zero-order chi connectivity index (χ0) is 19.4. The predicted octanol–water partition coefficient (Wildman–Crippen LogP) is 3.27. The molecule has 0 radical (unpaired) electrons. The minimum Gasteiger partial charge on any atom is -0.368 e. The third kappa shape index (κ3) is 4.54. The molecule has 3 rings (SSSR count). The van der Waals surface area contributed by atoms with Crippen LogP contribution in [0.1, 0.15) is 16.1 Å². The second-order valence-corrected chi connectivity index (χ2v) is 5.72. The van der Waals surface area contributed by atoms with Gasteiger partial charge in [-0.2, -0.15) is 4.98 Å². The van der Waals surface area contributed by atoms with Crippen molar-refractivity contribution >= 4 is 34.7 Å². The smallest absolute Gasteiger partial charge is 0.269 e. The number of carbonyl (C=O) groups is 1. The molecule has 1 heterocycles. The van der Waals surface area contributed by atoms with Gasteiger partial charge in [-0.25, -0.2) is 4.98 Å². The van der Waals surface area contributed by atoms with Crippen LogP contribution in [0, 0.1) is 17.0 Å². The second-order valence-electron chi connectivity index (χ2n) is 5.72. The molecule has 27 heavy (non-hydrogen) atoms. The van der Waals surface area contributed by atoms with Gasteiger partial charge in [0.25, 0.3) is 11.6 Å². The van der Waals surface area contributed by atoms with Gasteiger partial charge in [0, 0.05) is 40.8 Å². The Morgan fingerprint density at radius 1 is 1.07 bits per heavy atom. The minimum absolute atomic E-state index is 0.0721. The summed E-state index contributed by atoms with van der Waals surface area (Å²) in [7, 11) is 0. The number of nitrogens with zero attached hydrogens (tertiary/aromatic N) is 3. The number of non-ortho nitro benzene ring substituents is 1. The molecule has 0 aliphatic rings. The first-order chi connectivity index (χ1) is 12.9. The van der Waals surface area contributed by atoms with Crippen LogP contribution in [-0.2, 0) is 0 Å². The van der Waals surface area contributed by atoms with Crippen LogP contribution in [0.4, 0.5) is 28.8 Å². The number of benzene rings is 2. The van der Waals surface area contributed by atoms with Crippen molar-refractivity contribution in [2.45, 2.75) is 6.92 Å². The molecule has 0 fully saturated rings. The highest BCUT2D eigenvalue weighted by Crippen LogP contribution is 2.21. The Kier molecular flexibility index (Phi) is 4.93. The maximum atomic E-state index is 12.3. The van der Waals surface area contributed by atoms with Crippen molar-refractivity contribution in [3.63, 3.8) is 0 Å². The van der Waals surface area contributed by atoms with Crippen LogP contribution in [0.15, 0.2) is 54.6 Å². The summed E-state index contributed by atoms with van der Waals surface area (Å²) in [5.74, 6) is 0.336. The third-order valence-electron chi connectivity index (χ3n) is 3.60. The highest BCUT2D eigenvalue weighted by molar-refractivity contribution is 6.04. The van der Waals surface area contributed by atoms with E-state index in [0.29, 0.717) is 22.8 Å². The standard InChI is InChI=1S/C18H16N6O3/c1-11-9-16(23-18(19)20-11)21-13-3-2-4-14(10-13)22-17(25)12-5-7-15(8-6-12)24(26)27/h2-10H,1H3,(H,22,25)(H3,19,20,21,23). The number of amides is 1. The average Bonchev–Trinajstić information content (AvgIpc) is 2.61. The van der Waals surface area contributed by atoms with Gasteiger partial charge in [0.1, 0.15) is 5.82 Å². The number of aryl methyl sites for hydroxylation is 1. The van der Waals surface area contributed by atoms with Crippen LogP contribution < -0.4 is 16.4 Å². The quantitative estimate of drug-likeness (QED) is 0.467. The number of nitro groups is 1. The van der Waals surface area contributed by atoms with E-state index >= 15 is 0 Å². The molecule has 0 saturated heterocycles. The highest BCUT2D eigenvalue weighted by Gasteiger charge is 2.10. The minimum atomic E-state index is -0.515. The topological polar surface area (TPSA) is 136 Å². The fraction of sp³-hybridized carbons (Fsp3) is 0.0556. The van der Waals surface area contributed by atoms with Crippen molar-refractivity contribution in [3.05, 3.63) is 76.0 Å². The molecule has 0 atom stereocenters. The van der Waals surface area contributed by atoms with Crippen molar-refractivity contribution in [1.29, 1.82) is 0 Å². The van der Waals surface area contributed by atoms with Crippen LogP contribution in [0.2, 0.25) is 0 Å². The second kappa shape index (κ2) is 7.48. The van der Waals surface area contributed by atoms with Crippen LogP contribution in [-0.4, -0.2) is 20.8 Å². The van der Waals surface area contributed by atoms with Crippen LogP contribution >= 0.6 is 0 Å². The lowest BCUT2D eigenvalue weighted by molar-refractivity contribution is -0.384. The molecule has 4 N–H and O–H groups in total. The van der Waals surface area contributed by atoms with Crippen LogP contribution in [0.3, 0.4) is 0 Å².